The Labute approximate surface area is 121 Å². The second kappa shape index (κ2) is 7.17. The lowest BCUT2D eigenvalue weighted by Crippen LogP contribution is -2.14. The van der Waals surface area contributed by atoms with Gasteiger partial charge in [0.1, 0.15) is 0 Å². The predicted molar refractivity (Wildman–Crippen MR) is 78.5 cm³/mol. The van der Waals surface area contributed by atoms with Crippen LogP contribution in [-0.4, -0.2) is 24.3 Å². The van der Waals surface area contributed by atoms with Crippen molar-refractivity contribution in [2.45, 2.75) is 59.9 Å². The summed E-state index contributed by atoms with van der Waals surface area (Å²) in [5, 5.41) is 0. The molecule has 0 aliphatic rings. The zero-order chi connectivity index (χ0) is 15.3. The van der Waals surface area contributed by atoms with Gasteiger partial charge in [0.2, 0.25) is 0 Å². The van der Waals surface area contributed by atoms with Crippen molar-refractivity contribution >= 4 is 5.97 Å². The number of hydrogen-bond acceptors (Lipinski definition) is 4. The highest BCUT2D eigenvalue weighted by atomic mass is 16.5. The van der Waals surface area contributed by atoms with Crippen LogP contribution in [0.25, 0.3) is 0 Å². The number of benzene rings is 1. The molecular weight excluding hydrogens is 256 g/mol. The first-order valence-corrected chi connectivity index (χ1v) is 6.98. The molecule has 0 amide bonds. The normalized spacial score (nSPS) is 11.1. The zero-order valence-electron chi connectivity index (χ0n) is 13.1. The fourth-order valence-corrected chi connectivity index (χ4v) is 1.61. The van der Waals surface area contributed by atoms with E-state index in [9.17, 15) is 4.79 Å². The standard InChI is InChI=1S/C16H24O4/c1-10(2)18-14-8-7-13(16(17)20-12(5)6)9-15(14)19-11(3)4/h7-12H,1-6H3. The number of rotatable bonds is 6. The first-order valence-electron chi connectivity index (χ1n) is 6.98. The van der Waals surface area contributed by atoms with Gasteiger partial charge in [0.05, 0.1) is 23.9 Å². The van der Waals surface area contributed by atoms with E-state index in [1.54, 1.807) is 18.2 Å². The van der Waals surface area contributed by atoms with E-state index in [1.165, 1.54) is 0 Å². The second-order valence-electron chi connectivity index (χ2n) is 5.45. The summed E-state index contributed by atoms with van der Waals surface area (Å²) in [5.41, 5.74) is 0.463. The van der Waals surface area contributed by atoms with Crippen molar-refractivity contribution in [3.8, 4) is 11.5 Å². The fourth-order valence-electron chi connectivity index (χ4n) is 1.61. The summed E-state index contributed by atoms with van der Waals surface area (Å²) in [6.07, 6.45) is -0.109. The average Bonchev–Trinajstić information content (AvgIpc) is 2.29. The number of carbonyl (C=O) groups excluding carboxylic acids is 1. The molecule has 4 nitrogen and oxygen atoms in total. The van der Waals surface area contributed by atoms with Gasteiger partial charge in [0, 0.05) is 0 Å². The molecule has 0 N–H and O–H groups in total. The van der Waals surface area contributed by atoms with Gasteiger partial charge in [-0.05, 0) is 59.7 Å². The van der Waals surface area contributed by atoms with Crippen LogP contribution in [0.4, 0.5) is 0 Å². The van der Waals surface area contributed by atoms with Crippen LogP contribution in [0.15, 0.2) is 18.2 Å². The van der Waals surface area contributed by atoms with E-state index in [1.807, 2.05) is 41.5 Å². The van der Waals surface area contributed by atoms with E-state index in [0.717, 1.165) is 0 Å². The van der Waals surface area contributed by atoms with E-state index in [-0.39, 0.29) is 24.3 Å². The van der Waals surface area contributed by atoms with E-state index in [2.05, 4.69) is 0 Å². The van der Waals surface area contributed by atoms with Crippen molar-refractivity contribution in [1.82, 2.24) is 0 Å². The lowest BCUT2D eigenvalue weighted by Gasteiger charge is -2.18. The van der Waals surface area contributed by atoms with Crippen LogP contribution in [0.2, 0.25) is 0 Å². The molecule has 0 heterocycles. The Hall–Kier alpha value is -1.71. The molecule has 0 fully saturated rings. The molecule has 0 unspecified atom stereocenters. The van der Waals surface area contributed by atoms with Gasteiger partial charge in [-0.3, -0.25) is 0 Å². The average molecular weight is 280 g/mol. The van der Waals surface area contributed by atoms with E-state index < -0.39 is 0 Å². The monoisotopic (exact) mass is 280 g/mol. The number of esters is 1. The molecule has 0 aliphatic carbocycles. The number of ether oxygens (including phenoxy) is 3. The highest BCUT2D eigenvalue weighted by Crippen LogP contribution is 2.30. The first kappa shape index (κ1) is 16.3. The quantitative estimate of drug-likeness (QED) is 0.743. The Bertz CT molecular complexity index is 450. The summed E-state index contributed by atoms with van der Waals surface area (Å²) < 4.78 is 16.6. The minimum Gasteiger partial charge on any atom is -0.487 e. The Balaban J connectivity index is 3.03. The molecule has 112 valence electrons. The van der Waals surface area contributed by atoms with Gasteiger partial charge in [-0.25, -0.2) is 4.79 Å². The van der Waals surface area contributed by atoms with Crippen LogP contribution < -0.4 is 9.47 Å². The highest BCUT2D eigenvalue weighted by molar-refractivity contribution is 5.90. The smallest absolute Gasteiger partial charge is 0.338 e. The van der Waals surface area contributed by atoms with Gasteiger partial charge < -0.3 is 14.2 Å². The maximum atomic E-state index is 11.9. The third kappa shape index (κ3) is 5.11. The van der Waals surface area contributed by atoms with Crippen molar-refractivity contribution in [3.05, 3.63) is 23.8 Å². The van der Waals surface area contributed by atoms with Gasteiger partial charge >= 0.3 is 5.97 Å². The van der Waals surface area contributed by atoms with E-state index in [4.69, 9.17) is 14.2 Å². The molecule has 20 heavy (non-hydrogen) atoms. The summed E-state index contributed by atoms with van der Waals surface area (Å²) in [6.45, 7) is 11.4. The highest BCUT2D eigenvalue weighted by Gasteiger charge is 2.15. The van der Waals surface area contributed by atoms with E-state index in [0.29, 0.717) is 17.1 Å². The molecule has 1 aromatic carbocycles. The largest absolute Gasteiger partial charge is 0.487 e. The van der Waals surface area contributed by atoms with Crippen molar-refractivity contribution in [1.29, 1.82) is 0 Å². The van der Waals surface area contributed by atoms with E-state index >= 15 is 0 Å². The molecule has 0 bridgehead atoms. The van der Waals surface area contributed by atoms with Gasteiger partial charge in [-0.2, -0.15) is 0 Å². The zero-order valence-corrected chi connectivity index (χ0v) is 13.1. The van der Waals surface area contributed by atoms with Gasteiger partial charge in [-0.15, -0.1) is 0 Å². The van der Waals surface area contributed by atoms with Gasteiger partial charge in [0.25, 0.3) is 0 Å². The molecule has 0 radical (unpaired) electrons. The molecular formula is C16H24O4. The molecule has 0 aliphatic heterocycles. The van der Waals surface area contributed by atoms with Crippen LogP contribution in [0.5, 0.6) is 11.5 Å². The van der Waals surface area contributed by atoms with Crippen molar-refractivity contribution < 1.29 is 19.0 Å². The van der Waals surface area contributed by atoms with Crippen molar-refractivity contribution in [2.75, 3.05) is 0 Å². The van der Waals surface area contributed by atoms with Crippen molar-refractivity contribution in [2.24, 2.45) is 0 Å². The molecule has 0 saturated carbocycles. The van der Waals surface area contributed by atoms with Crippen LogP contribution in [0.1, 0.15) is 51.9 Å². The van der Waals surface area contributed by atoms with Crippen molar-refractivity contribution in [3.63, 3.8) is 0 Å². The molecule has 0 atom stereocenters. The fraction of sp³-hybridized carbons (Fsp3) is 0.562. The Morgan fingerprint density at radius 2 is 1.40 bits per heavy atom. The SMILES string of the molecule is CC(C)OC(=O)c1ccc(OC(C)C)c(OC(C)C)c1. The van der Waals surface area contributed by atoms with Crippen LogP contribution in [0.3, 0.4) is 0 Å². The Kier molecular flexibility index (Phi) is 5.86. The molecule has 4 heteroatoms. The topological polar surface area (TPSA) is 44.8 Å². The summed E-state index contributed by atoms with van der Waals surface area (Å²) in [5.74, 6) is 0.839. The van der Waals surface area contributed by atoms with Gasteiger partial charge in [0.15, 0.2) is 11.5 Å². The summed E-state index contributed by atoms with van der Waals surface area (Å²) >= 11 is 0. The van der Waals surface area contributed by atoms with Crippen LogP contribution in [-0.2, 0) is 4.74 Å². The molecule has 1 rings (SSSR count). The third-order valence-electron chi connectivity index (χ3n) is 2.25. The lowest BCUT2D eigenvalue weighted by molar-refractivity contribution is 0.0377. The summed E-state index contributed by atoms with van der Waals surface area (Å²) in [4.78, 5) is 11.9. The third-order valence-corrected chi connectivity index (χ3v) is 2.25. The maximum absolute atomic E-state index is 11.9. The molecule has 1 aromatic rings. The molecule has 0 saturated heterocycles. The Morgan fingerprint density at radius 1 is 0.850 bits per heavy atom. The number of hydrogen-bond donors (Lipinski definition) is 0. The predicted octanol–water partition coefficient (Wildman–Crippen LogP) is 3.83. The minimum absolute atomic E-state index is 0.000816. The van der Waals surface area contributed by atoms with Gasteiger partial charge in [-0.1, -0.05) is 0 Å². The minimum atomic E-state index is -0.357. The van der Waals surface area contributed by atoms with Crippen LogP contribution in [0, 0.1) is 0 Å². The maximum Gasteiger partial charge on any atom is 0.338 e. The molecule has 0 spiro atoms. The first-order chi connectivity index (χ1) is 9.29. The molecule has 0 aromatic heterocycles. The second-order valence-corrected chi connectivity index (χ2v) is 5.45. The lowest BCUT2D eigenvalue weighted by atomic mass is 10.2. The van der Waals surface area contributed by atoms with Crippen LogP contribution >= 0.6 is 0 Å². The summed E-state index contributed by atoms with van der Waals surface area (Å²) in [6, 6.07) is 5.10. The Morgan fingerprint density at radius 3 is 1.90 bits per heavy atom. The number of carbonyl (C=O) groups is 1. The summed E-state index contributed by atoms with van der Waals surface area (Å²) in [7, 11) is 0.